The van der Waals surface area contributed by atoms with E-state index in [1.807, 2.05) is 60.7 Å². The lowest BCUT2D eigenvalue weighted by Gasteiger charge is -2.42. The molecule has 0 bridgehead atoms. The van der Waals surface area contributed by atoms with Crippen molar-refractivity contribution in [2.45, 2.75) is 31.3 Å². The largest absolute Gasteiger partial charge is 0.469 e. The molecule has 1 aliphatic rings. The van der Waals surface area contributed by atoms with E-state index in [-0.39, 0.29) is 6.42 Å². The van der Waals surface area contributed by atoms with Gasteiger partial charge in [0, 0.05) is 24.6 Å². The molecule has 0 fully saturated rings. The number of esters is 2. The molecule has 0 aromatic heterocycles. The summed E-state index contributed by atoms with van der Waals surface area (Å²) in [5.74, 6) is -2.75. The molecule has 0 spiro atoms. The molecule has 164 valence electrons. The van der Waals surface area contributed by atoms with E-state index < -0.39 is 29.4 Å². The molecule has 1 aliphatic carbocycles. The summed E-state index contributed by atoms with van der Waals surface area (Å²) in [4.78, 5) is 25.7. The molecule has 2 N–H and O–H groups in total. The Morgan fingerprint density at radius 1 is 1.03 bits per heavy atom. The molecule has 2 aromatic carbocycles. The monoisotopic (exact) mass is 423 g/mol. The quantitative estimate of drug-likeness (QED) is 0.666. The average Bonchev–Trinajstić information content (AvgIpc) is 2.78. The Kier molecular flexibility index (Phi) is 7.13. The van der Waals surface area contributed by atoms with Gasteiger partial charge < -0.3 is 19.9 Å². The highest BCUT2D eigenvalue weighted by atomic mass is 16.5. The first-order chi connectivity index (χ1) is 14.9. The van der Waals surface area contributed by atoms with Gasteiger partial charge in [-0.3, -0.25) is 4.79 Å². The molecule has 0 heterocycles. The minimum atomic E-state index is -1.42. The number of carbonyl (C=O) groups excluding carboxylic acids is 2. The highest BCUT2D eigenvalue weighted by Gasteiger charge is 2.52. The number of benzene rings is 2. The van der Waals surface area contributed by atoms with E-state index >= 15 is 0 Å². The van der Waals surface area contributed by atoms with Crippen molar-refractivity contribution in [3.63, 3.8) is 0 Å². The van der Waals surface area contributed by atoms with E-state index in [1.165, 1.54) is 14.2 Å². The fraction of sp³-hybridized carbons (Fsp3) is 0.360. The SMILES string of the molecule is COC(=O)C1=C(NCCc2ccccc2)C[C@@](C)(O)[C@@H](C(=O)OC)[C@H]1c1ccccc1. The van der Waals surface area contributed by atoms with Crippen molar-refractivity contribution in [2.75, 3.05) is 20.8 Å². The molecule has 0 amide bonds. The first-order valence-electron chi connectivity index (χ1n) is 10.3. The van der Waals surface area contributed by atoms with Crippen LogP contribution in [0.1, 0.15) is 30.4 Å². The summed E-state index contributed by atoms with van der Waals surface area (Å²) in [6, 6.07) is 19.2. The van der Waals surface area contributed by atoms with Crippen LogP contribution in [0.5, 0.6) is 0 Å². The van der Waals surface area contributed by atoms with E-state index in [4.69, 9.17) is 9.47 Å². The molecule has 2 aromatic rings. The molecule has 31 heavy (non-hydrogen) atoms. The summed E-state index contributed by atoms with van der Waals surface area (Å²) < 4.78 is 10.1. The van der Waals surface area contributed by atoms with Crippen LogP contribution in [0.15, 0.2) is 71.9 Å². The molecule has 0 unspecified atom stereocenters. The molecule has 6 nitrogen and oxygen atoms in total. The average molecular weight is 424 g/mol. The van der Waals surface area contributed by atoms with Crippen LogP contribution >= 0.6 is 0 Å². The zero-order valence-electron chi connectivity index (χ0n) is 18.1. The molecule has 0 aliphatic heterocycles. The minimum absolute atomic E-state index is 0.106. The number of hydrogen-bond acceptors (Lipinski definition) is 6. The Hall–Kier alpha value is -3.12. The Bertz CT molecular complexity index is 937. The first kappa shape index (κ1) is 22.6. The zero-order valence-corrected chi connectivity index (χ0v) is 18.1. The third-order valence-electron chi connectivity index (χ3n) is 5.79. The fourth-order valence-corrected chi connectivity index (χ4v) is 4.33. The van der Waals surface area contributed by atoms with Gasteiger partial charge in [0.15, 0.2) is 0 Å². The van der Waals surface area contributed by atoms with E-state index in [1.54, 1.807) is 6.92 Å². The van der Waals surface area contributed by atoms with Gasteiger partial charge >= 0.3 is 11.9 Å². The lowest BCUT2D eigenvalue weighted by Crippen LogP contribution is -2.50. The van der Waals surface area contributed by atoms with Crippen LogP contribution in [0.3, 0.4) is 0 Å². The topological polar surface area (TPSA) is 84.9 Å². The molecular weight excluding hydrogens is 394 g/mol. The summed E-state index contributed by atoms with van der Waals surface area (Å²) in [5.41, 5.74) is 1.41. The highest BCUT2D eigenvalue weighted by Crippen LogP contribution is 2.47. The number of methoxy groups -OCH3 is 2. The second-order valence-corrected chi connectivity index (χ2v) is 7.97. The van der Waals surface area contributed by atoms with Crippen molar-refractivity contribution in [1.29, 1.82) is 0 Å². The van der Waals surface area contributed by atoms with Crippen molar-refractivity contribution in [3.8, 4) is 0 Å². The second kappa shape index (κ2) is 9.79. The summed E-state index contributed by atoms with van der Waals surface area (Å²) >= 11 is 0. The standard InChI is InChI=1S/C25H29NO5/c1-25(29)16-19(26-15-14-17-10-6-4-7-11-17)21(23(27)30-2)20(22(25)24(28)31-3)18-12-8-5-9-13-18/h4-13,20,22,26,29H,14-16H2,1-3H3/t20-,22+,25+/m0/s1. The van der Waals surface area contributed by atoms with E-state index in [0.29, 0.717) is 17.8 Å². The molecule has 0 radical (unpaired) electrons. The van der Waals surface area contributed by atoms with Gasteiger partial charge in [-0.05, 0) is 24.5 Å². The molecular formula is C25H29NO5. The maximum atomic E-state index is 12.9. The number of rotatable bonds is 7. The van der Waals surface area contributed by atoms with Crippen LogP contribution in [-0.4, -0.2) is 43.4 Å². The lowest BCUT2D eigenvalue weighted by molar-refractivity contribution is -0.157. The van der Waals surface area contributed by atoms with Crippen molar-refractivity contribution < 1.29 is 24.2 Å². The maximum Gasteiger partial charge on any atom is 0.336 e. The second-order valence-electron chi connectivity index (χ2n) is 7.97. The zero-order chi connectivity index (χ0) is 22.4. The van der Waals surface area contributed by atoms with Crippen LogP contribution < -0.4 is 5.32 Å². The Labute approximate surface area is 182 Å². The smallest absolute Gasteiger partial charge is 0.336 e. The van der Waals surface area contributed by atoms with Gasteiger partial charge in [0.25, 0.3) is 0 Å². The number of carbonyl (C=O) groups is 2. The van der Waals surface area contributed by atoms with E-state index in [9.17, 15) is 14.7 Å². The number of hydrogen-bond donors (Lipinski definition) is 2. The van der Waals surface area contributed by atoms with Crippen LogP contribution in [0.25, 0.3) is 0 Å². The molecule has 0 saturated carbocycles. The van der Waals surface area contributed by atoms with E-state index in [0.717, 1.165) is 17.5 Å². The number of aliphatic hydroxyl groups is 1. The van der Waals surface area contributed by atoms with Gasteiger partial charge in [0.1, 0.15) is 0 Å². The van der Waals surface area contributed by atoms with Gasteiger partial charge in [0.2, 0.25) is 0 Å². The van der Waals surface area contributed by atoms with Gasteiger partial charge in [-0.1, -0.05) is 60.7 Å². The predicted octanol–water partition coefficient (Wildman–Crippen LogP) is 2.97. The lowest BCUT2D eigenvalue weighted by atomic mass is 9.66. The number of nitrogens with one attached hydrogen (secondary N) is 1. The summed E-state index contributed by atoms with van der Waals surface area (Å²) in [6.07, 6.45) is 0.854. The molecule has 6 heteroatoms. The van der Waals surface area contributed by atoms with Crippen molar-refractivity contribution in [2.24, 2.45) is 5.92 Å². The van der Waals surface area contributed by atoms with Gasteiger partial charge in [0.05, 0.1) is 31.3 Å². The van der Waals surface area contributed by atoms with Crippen molar-refractivity contribution >= 4 is 11.9 Å². The summed E-state index contributed by atoms with van der Waals surface area (Å²) in [7, 11) is 2.61. The highest BCUT2D eigenvalue weighted by molar-refractivity contribution is 5.93. The maximum absolute atomic E-state index is 12.9. The predicted molar refractivity (Wildman–Crippen MR) is 117 cm³/mol. The molecule has 3 atom stereocenters. The minimum Gasteiger partial charge on any atom is -0.469 e. The van der Waals surface area contributed by atoms with Crippen LogP contribution in [0.2, 0.25) is 0 Å². The van der Waals surface area contributed by atoms with Crippen molar-refractivity contribution in [3.05, 3.63) is 83.1 Å². The van der Waals surface area contributed by atoms with Gasteiger partial charge in [-0.15, -0.1) is 0 Å². The van der Waals surface area contributed by atoms with Crippen LogP contribution in [-0.2, 0) is 25.5 Å². The van der Waals surface area contributed by atoms with E-state index in [2.05, 4.69) is 5.32 Å². The third kappa shape index (κ3) is 4.97. The Balaban J connectivity index is 2.04. The fourth-order valence-electron chi connectivity index (χ4n) is 4.33. The normalized spacial score (nSPS) is 23.2. The van der Waals surface area contributed by atoms with Crippen LogP contribution in [0, 0.1) is 5.92 Å². The Morgan fingerprint density at radius 3 is 2.23 bits per heavy atom. The third-order valence-corrected chi connectivity index (χ3v) is 5.79. The number of ether oxygens (including phenoxy) is 2. The van der Waals surface area contributed by atoms with Crippen molar-refractivity contribution in [1.82, 2.24) is 5.32 Å². The van der Waals surface area contributed by atoms with Crippen LogP contribution in [0.4, 0.5) is 0 Å². The Morgan fingerprint density at radius 2 is 1.65 bits per heavy atom. The van der Waals surface area contributed by atoms with Gasteiger partial charge in [-0.25, -0.2) is 4.79 Å². The summed E-state index contributed by atoms with van der Waals surface area (Å²) in [5, 5.41) is 14.6. The molecule has 3 rings (SSSR count). The first-order valence-corrected chi connectivity index (χ1v) is 10.3. The molecule has 0 saturated heterocycles. The summed E-state index contributed by atoms with van der Waals surface area (Å²) in [6.45, 7) is 2.18. The van der Waals surface area contributed by atoms with Gasteiger partial charge in [-0.2, -0.15) is 0 Å².